The smallest absolute Gasteiger partial charge is 0.338 e. The molecule has 8 heteroatoms. The molecule has 1 atom stereocenters. The number of nitrogens with zero attached hydrogens (tertiary/aromatic N) is 3. The lowest BCUT2D eigenvalue weighted by Crippen LogP contribution is -2.39. The summed E-state index contributed by atoms with van der Waals surface area (Å²) in [5.74, 6) is 0.190. The number of ether oxygens (including phenoxy) is 2. The van der Waals surface area contributed by atoms with Crippen LogP contribution in [0.25, 0.3) is 6.08 Å². The minimum Gasteiger partial charge on any atom is -0.490 e. The molecule has 2 aromatic carbocycles. The molecule has 7 nitrogen and oxygen atoms in total. The second-order valence-corrected chi connectivity index (χ2v) is 9.47. The van der Waals surface area contributed by atoms with Crippen LogP contribution in [0.4, 0.5) is 5.69 Å². The predicted octanol–water partition coefficient (Wildman–Crippen LogP) is 3.43. The van der Waals surface area contributed by atoms with Crippen LogP contribution >= 0.6 is 11.3 Å². The molecule has 0 N–H and O–H groups in total. The zero-order valence-electron chi connectivity index (χ0n) is 20.9. The van der Waals surface area contributed by atoms with Gasteiger partial charge in [-0.1, -0.05) is 48.3 Å². The Morgan fingerprint density at radius 3 is 2.47 bits per heavy atom. The normalized spacial score (nSPS) is 15.2. The number of allylic oxidation sites excluding steroid dienone is 1. The van der Waals surface area contributed by atoms with Gasteiger partial charge >= 0.3 is 5.97 Å². The summed E-state index contributed by atoms with van der Waals surface area (Å²) in [5, 5.41) is 0. The van der Waals surface area contributed by atoms with Gasteiger partial charge in [0.2, 0.25) is 0 Å². The van der Waals surface area contributed by atoms with Crippen molar-refractivity contribution in [3.8, 4) is 5.75 Å². The number of anilines is 1. The third kappa shape index (κ3) is 5.04. The van der Waals surface area contributed by atoms with Crippen LogP contribution in [0.2, 0.25) is 0 Å². The maximum absolute atomic E-state index is 13.7. The molecule has 0 saturated carbocycles. The number of benzene rings is 2. The molecule has 0 spiro atoms. The molecule has 3 aromatic rings. The van der Waals surface area contributed by atoms with Crippen molar-refractivity contribution in [2.45, 2.75) is 19.9 Å². The van der Waals surface area contributed by atoms with E-state index in [1.54, 1.807) is 24.5 Å². The topological polar surface area (TPSA) is 73.1 Å². The highest BCUT2D eigenvalue weighted by Crippen LogP contribution is 2.31. The molecule has 0 saturated heterocycles. The lowest BCUT2D eigenvalue weighted by Gasteiger charge is -2.24. The van der Waals surface area contributed by atoms with Crippen molar-refractivity contribution >= 4 is 29.1 Å². The molecule has 2 heterocycles. The highest BCUT2D eigenvalue weighted by atomic mass is 32.1. The van der Waals surface area contributed by atoms with E-state index in [2.05, 4.69) is 11.6 Å². The van der Waals surface area contributed by atoms with Gasteiger partial charge in [-0.25, -0.2) is 9.79 Å². The molecule has 36 heavy (non-hydrogen) atoms. The highest BCUT2D eigenvalue weighted by molar-refractivity contribution is 7.07. The Morgan fingerprint density at radius 1 is 1.17 bits per heavy atom. The molecule has 1 aromatic heterocycles. The van der Waals surface area contributed by atoms with Crippen LogP contribution in [0.1, 0.15) is 31.0 Å². The molecular weight excluding hydrogens is 474 g/mol. The number of aromatic nitrogens is 1. The Morgan fingerprint density at radius 2 is 1.86 bits per heavy atom. The SMILES string of the molecule is C=CCOc1ccc([C@H]2C(C(=O)OCC)=C(C)N=c3s/c(=C\c4ccc(N(C)C)cc4)c(=O)n32)cc1. The standard InChI is InChI=1S/C28H29N3O4S/c1-6-16-35-22-14-10-20(11-15-22)25-24(27(33)34-7-2)18(3)29-28-31(25)26(32)23(36-28)17-19-8-12-21(13-9-19)30(4)5/h6,8-15,17,25H,1,7,16H2,2-5H3/b23-17-/t25-/m0/s1. The minimum atomic E-state index is -0.660. The Balaban J connectivity index is 1.85. The fourth-order valence-corrected chi connectivity index (χ4v) is 5.08. The summed E-state index contributed by atoms with van der Waals surface area (Å²) in [7, 11) is 3.96. The van der Waals surface area contributed by atoms with Gasteiger partial charge in [-0.3, -0.25) is 9.36 Å². The van der Waals surface area contributed by atoms with E-state index < -0.39 is 12.0 Å². The lowest BCUT2D eigenvalue weighted by atomic mass is 9.96. The summed E-state index contributed by atoms with van der Waals surface area (Å²) in [5.41, 5.74) is 3.43. The average Bonchev–Trinajstić information content (AvgIpc) is 3.16. The first kappa shape index (κ1) is 25.2. The zero-order valence-corrected chi connectivity index (χ0v) is 21.7. The molecule has 0 unspecified atom stereocenters. The minimum absolute atomic E-state index is 0.207. The van der Waals surface area contributed by atoms with Crippen LogP contribution in [0, 0.1) is 0 Å². The molecule has 1 aliphatic heterocycles. The summed E-state index contributed by atoms with van der Waals surface area (Å²) in [4.78, 5) is 33.9. The van der Waals surface area contributed by atoms with Crippen LogP contribution in [0.5, 0.6) is 5.75 Å². The summed E-state index contributed by atoms with van der Waals surface area (Å²) >= 11 is 1.31. The van der Waals surface area contributed by atoms with Crippen LogP contribution in [-0.4, -0.2) is 37.8 Å². The number of carbonyl (C=O) groups excluding carboxylic acids is 1. The van der Waals surface area contributed by atoms with Crippen LogP contribution < -0.4 is 24.5 Å². The van der Waals surface area contributed by atoms with Crippen molar-refractivity contribution in [2.75, 3.05) is 32.2 Å². The first-order chi connectivity index (χ1) is 17.3. The number of carbonyl (C=O) groups is 1. The van der Waals surface area contributed by atoms with Crippen molar-refractivity contribution in [2.24, 2.45) is 4.99 Å². The second kappa shape index (κ2) is 10.8. The van der Waals surface area contributed by atoms with E-state index in [4.69, 9.17) is 9.47 Å². The molecule has 0 bridgehead atoms. The monoisotopic (exact) mass is 503 g/mol. The Hall–Kier alpha value is -3.91. The molecule has 186 valence electrons. The predicted molar refractivity (Wildman–Crippen MR) is 143 cm³/mol. The van der Waals surface area contributed by atoms with Crippen molar-refractivity contribution in [1.29, 1.82) is 0 Å². The molecule has 0 aliphatic carbocycles. The Labute approximate surface area is 213 Å². The van der Waals surface area contributed by atoms with E-state index in [9.17, 15) is 9.59 Å². The first-order valence-electron chi connectivity index (χ1n) is 11.6. The third-order valence-electron chi connectivity index (χ3n) is 5.79. The van der Waals surface area contributed by atoms with E-state index in [0.29, 0.717) is 33.0 Å². The van der Waals surface area contributed by atoms with Gasteiger partial charge in [0.15, 0.2) is 4.80 Å². The number of thiazole rings is 1. The van der Waals surface area contributed by atoms with E-state index in [-0.39, 0.29) is 12.2 Å². The molecule has 4 rings (SSSR count). The summed E-state index contributed by atoms with van der Waals surface area (Å²) < 4.78 is 13.1. The van der Waals surface area contributed by atoms with Gasteiger partial charge in [0.1, 0.15) is 12.4 Å². The Kier molecular flexibility index (Phi) is 7.55. The molecular formula is C28H29N3O4S. The highest BCUT2D eigenvalue weighted by Gasteiger charge is 2.33. The first-order valence-corrected chi connectivity index (χ1v) is 12.5. The van der Waals surface area contributed by atoms with E-state index in [1.807, 2.05) is 73.6 Å². The fraction of sp³-hybridized carbons (Fsp3) is 0.250. The largest absolute Gasteiger partial charge is 0.490 e. The Bertz CT molecular complexity index is 1480. The van der Waals surface area contributed by atoms with Crippen LogP contribution in [0.3, 0.4) is 0 Å². The van der Waals surface area contributed by atoms with E-state index >= 15 is 0 Å². The van der Waals surface area contributed by atoms with Crippen molar-refractivity contribution in [3.05, 3.63) is 103 Å². The van der Waals surface area contributed by atoms with Gasteiger partial charge in [0, 0.05) is 19.8 Å². The van der Waals surface area contributed by atoms with Gasteiger partial charge < -0.3 is 14.4 Å². The third-order valence-corrected chi connectivity index (χ3v) is 6.77. The number of hydrogen-bond acceptors (Lipinski definition) is 7. The lowest BCUT2D eigenvalue weighted by molar-refractivity contribution is -0.139. The van der Waals surface area contributed by atoms with Crippen LogP contribution in [0.15, 0.2) is 82.2 Å². The maximum atomic E-state index is 13.7. The molecule has 1 aliphatic rings. The zero-order chi connectivity index (χ0) is 25.8. The van der Waals surface area contributed by atoms with Gasteiger partial charge in [-0.15, -0.1) is 0 Å². The quantitative estimate of drug-likeness (QED) is 0.348. The number of fused-ring (bicyclic) bond motifs is 1. The second-order valence-electron chi connectivity index (χ2n) is 8.46. The van der Waals surface area contributed by atoms with Crippen molar-refractivity contribution in [3.63, 3.8) is 0 Å². The van der Waals surface area contributed by atoms with Gasteiger partial charge in [0.25, 0.3) is 5.56 Å². The van der Waals surface area contributed by atoms with Gasteiger partial charge in [-0.05, 0) is 55.3 Å². The summed E-state index contributed by atoms with van der Waals surface area (Å²) in [6.07, 6.45) is 3.53. The van der Waals surface area contributed by atoms with Crippen molar-refractivity contribution < 1.29 is 14.3 Å². The van der Waals surface area contributed by atoms with Crippen LogP contribution in [-0.2, 0) is 9.53 Å². The van der Waals surface area contributed by atoms with E-state index in [0.717, 1.165) is 16.8 Å². The van der Waals surface area contributed by atoms with E-state index in [1.165, 1.54) is 11.3 Å². The number of esters is 1. The molecule has 0 radical (unpaired) electrons. The van der Waals surface area contributed by atoms with Gasteiger partial charge in [-0.2, -0.15) is 0 Å². The number of rotatable bonds is 8. The maximum Gasteiger partial charge on any atom is 0.338 e. The summed E-state index contributed by atoms with van der Waals surface area (Å²) in [6.45, 7) is 7.81. The van der Waals surface area contributed by atoms with Gasteiger partial charge in [0.05, 0.1) is 28.5 Å². The number of hydrogen-bond donors (Lipinski definition) is 0. The summed E-state index contributed by atoms with van der Waals surface area (Å²) in [6, 6.07) is 14.7. The molecule has 0 fully saturated rings. The van der Waals surface area contributed by atoms with Crippen molar-refractivity contribution in [1.82, 2.24) is 4.57 Å². The molecule has 0 amide bonds. The average molecular weight is 504 g/mol. The fourth-order valence-electron chi connectivity index (χ4n) is 4.03.